The third kappa shape index (κ3) is 5.42. The minimum absolute atomic E-state index is 0. The fraction of sp³-hybridized carbons (Fsp3) is 0.600. The summed E-state index contributed by atoms with van der Waals surface area (Å²) in [6.07, 6.45) is 1.03. The second kappa shape index (κ2) is 8.35. The van der Waals surface area contributed by atoms with Crippen LogP contribution in [0.4, 0.5) is 0 Å². The highest BCUT2D eigenvalue weighted by atomic mass is 35.5. The molecular weight excluding hydrogens is 315 g/mol. The normalized spacial score (nSPS) is 11.3. The van der Waals surface area contributed by atoms with Crippen molar-refractivity contribution in [3.05, 3.63) is 16.0 Å². The number of nitrogens with one attached hydrogen (secondary N) is 2. The molecule has 0 saturated carbocycles. The van der Waals surface area contributed by atoms with E-state index in [1.165, 1.54) is 0 Å². The van der Waals surface area contributed by atoms with Crippen LogP contribution >= 0.6 is 35.3 Å². The quantitative estimate of drug-likeness (QED) is 0.754. The van der Waals surface area contributed by atoms with Crippen LogP contribution in [0.25, 0.3) is 0 Å². The molecule has 0 saturated heterocycles. The van der Waals surface area contributed by atoms with Crippen LogP contribution in [-0.4, -0.2) is 28.1 Å². The van der Waals surface area contributed by atoms with Gasteiger partial charge < -0.3 is 5.32 Å². The monoisotopic (exact) mass is 332 g/mol. The molecule has 4 nitrogen and oxygen atoms in total. The molecule has 0 atom stereocenters. The lowest BCUT2D eigenvalue weighted by Gasteiger charge is -2.05. The summed E-state index contributed by atoms with van der Waals surface area (Å²) < 4.78 is 27.0. The summed E-state index contributed by atoms with van der Waals surface area (Å²) in [5.74, 6) is 0. The number of sulfonamides is 1. The van der Waals surface area contributed by atoms with E-state index in [4.69, 9.17) is 11.6 Å². The molecule has 0 radical (unpaired) electrons. The van der Waals surface area contributed by atoms with Crippen molar-refractivity contribution < 1.29 is 8.42 Å². The van der Waals surface area contributed by atoms with Gasteiger partial charge in [0.25, 0.3) is 0 Å². The Hall–Kier alpha value is 0.150. The van der Waals surface area contributed by atoms with E-state index in [1.54, 1.807) is 13.0 Å². The third-order valence-electron chi connectivity index (χ3n) is 2.12. The number of hydrogen-bond donors (Lipinski definition) is 2. The van der Waals surface area contributed by atoms with E-state index in [2.05, 4.69) is 17.0 Å². The van der Waals surface area contributed by atoms with Gasteiger partial charge in [-0.15, -0.1) is 23.7 Å². The first-order valence-electron chi connectivity index (χ1n) is 5.43. The van der Waals surface area contributed by atoms with Gasteiger partial charge in [-0.2, -0.15) is 0 Å². The van der Waals surface area contributed by atoms with Gasteiger partial charge in [0.2, 0.25) is 10.0 Å². The zero-order valence-electron chi connectivity index (χ0n) is 10.3. The maximum atomic E-state index is 11.8. The van der Waals surface area contributed by atoms with Crippen molar-refractivity contribution >= 4 is 45.4 Å². The van der Waals surface area contributed by atoms with E-state index in [9.17, 15) is 8.42 Å². The van der Waals surface area contributed by atoms with Crippen LogP contribution in [0, 0.1) is 6.92 Å². The lowest BCUT2D eigenvalue weighted by Crippen LogP contribution is -2.31. The smallest absolute Gasteiger partial charge is 0.250 e. The van der Waals surface area contributed by atoms with Crippen molar-refractivity contribution in [2.24, 2.45) is 0 Å². The maximum Gasteiger partial charge on any atom is 0.250 e. The third-order valence-corrected chi connectivity index (χ3v) is 5.61. The molecule has 106 valence electrons. The fourth-order valence-corrected chi connectivity index (χ4v) is 3.99. The van der Waals surface area contributed by atoms with Gasteiger partial charge in [0, 0.05) is 13.1 Å². The van der Waals surface area contributed by atoms with Gasteiger partial charge in [0.05, 0.1) is 4.34 Å². The predicted molar refractivity (Wildman–Crippen MR) is 79.7 cm³/mol. The number of thiophene rings is 1. The Bertz CT molecular complexity index is 441. The van der Waals surface area contributed by atoms with E-state index in [1.807, 2.05) is 0 Å². The standard InChI is InChI=1S/C10H17ClN2O2S2.ClH/c1-3-4-12-5-6-13-17(14,15)9-7-8(2)10(11)16-9;/h7,12-13H,3-6H2,1-2H3;1H. The van der Waals surface area contributed by atoms with Crippen LogP contribution < -0.4 is 10.0 Å². The molecule has 0 aliphatic heterocycles. The summed E-state index contributed by atoms with van der Waals surface area (Å²) in [5, 5.41) is 3.13. The van der Waals surface area contributed by atoms with Crippen molar-refractivity contribution in [1.82, 2.24) is 10.0 Å². The molecule has 1 heterocycles. The topological polar surface area (TPSA) is 58.2 Å². The average Bonchev–Trinajstić information content (AvgIpc) is 2.60. The van der Waals surface area contributed by atoms with Crippen LogP contribution in [0.5, 0.6) is 0 Å². The Labute approximate surface area is 124 Å². The SMILES string of the molecule is CCCNCCNS(=O)(=O)c1cc(C)c(Cl)s1.Cl. The van der Waals surface area contributed by atoms with Crippen molar-refractivity contribution in [3.8, 4) is 0 Å². The molecule has 0 unspecified atom stereocenters. The van der Waals surface area contributed by atoms with Gasteiger partial charge in [0.1, 0.15) is 4.21 Å². The Balaban J connectivity index is 0.00000289. The number of hydrogen-bond acceptors (Lipinski definition) is 4. The van der Waals surface area contributed by atoms with Gasteiger partial charge in [0.15, 0.2) is 0 Å². The second-order valence-electron chi connectivity index (χ2n) is 3.67. The Kier molecular flexibility index (Phi) is 8.42. The Morgan fingerprint density at radius 3 is 2.50 bits per heavy atom. The van der Waals surface area contributed by atoms with E-state index in [-0.39, 0.29) is 16.6 Å². The molecule has 2 N–H and O–H groups in total. The summed E-state index contributed by atoms with van der Waals surface area (Å²) in [6.45, 7) is 5.77. The predicted octanol–water partition coefficient (Wildman–Crippen LogP) is 2.41. The molecule has 1 aromatic heterocycles. The largest absolute Gasteiger partial charge is 0.315 e. The van der Waals surface area contributed by atoms with Gasteiger partial charge in [-0.1, -0.05) is 18.5 Å². The second-order valence-corrected chi connectivity index (χ2v) is 7.32. The number of aryl methyl sites for hydroxylation is 1. The Morgan fingerprint density at radius 2 is 2.00 bits per heavy atom. The van der Waals surface area contributed by atoms with Crippen LogP contribution in [0.15, 0.2) is 10.3 Å². The molecule has 8 heteroatoms. The summed E-state index contributed by atoms with van der Waals surface area (Å²) in [6, 6.07) is 1.59. The summed E-state index contributed by atoms with van der Waals surface area (Å²) in [4.78, 5) is 0. The van der Waals surface area contributed by atoms with Crippen LogP contribution in [0.1, 0.15) is 18.9 Å². The summed E-state index contributed by atoms with van der Waals surface area (Å²) >= 11 is 6.94. The first-order valence-corrected chi connectivity index (χ1v) is 8.11. The first kappa shape index (κ1) is 18.1. The highest BCUT2D eigenvalue weighted by Gasteiger charge is 2.17. The van der Waals surface area contributed by atoms with E-state index >= 15 is 0 Å². The molecule has 1 rings (SSSR count). The van der Waals surface area contributed by atoms with E-state index in [0.717, 1.165) is 29.9 Å². The first-order chi connectivity index (χ1) is 7.97. The van der Waals surface area contributed by atoms with Gasteiger partial charge >= 0.3 is 0 Å². The molecular formula is C10H18Cl2N2O2S2. The molecule has 0 bridgehead atoms. The highest BCUT2D eigenvalue weighted by Crippen LogP contribution is 2.29. The molecule has 0 fully saturated rings. The van der Waals surface area contributed by atoms with Crippen molar-refractivity contribution in [2.75, 3.05) is 19.6 Å². The fourth-order valence-electron chi connectivity index (χ4n) is 1.21. The van der Waals surface area contributed by atoms with Crippen molar-refractivity contribution in [2.45, 2.75) is 24.5 Å². The zero-order chi connectivity index (χ0) is 12.9. The summed E-state index contributed by atoms with van der Waals surface area (Å²) in [5.41, 5.74) is 0.793. The highest BCUT2D eigenvalue weighted by molar-refractivity contribution is 7.91. The molecule has 1 aromatic rings. The minimum Gasteiger partial charge on any atom is -0.315 e. The van der Waals surface area contributed by atoms with Crippen molar-refractivity contribution in [3.63, 3.8) is 0 Å². The van der Waals surface area contributed by atoms with Gasteiger partial charge in [-0.3, -0.25) is 0 Å². The average molecular weight is 333 g/mol. The van der Waals surface area contributed by atoms with Crippen LogP contribution in [-0.2, 0) is 10.0 Å². The van der Waals surface area contributed by atoms with E-state index < -0.39 is 10.0 Å². The number of rotatable bonds is 7. The molecule has 0 amide bonds. The van der Waals surface area contributed by atoms with Gasteiger partial charge in [-0.25, -0.2) is 13.1 Å². The lowest BCUT2D eigenvalue weighted by molar-refractivity contribution is 0.577. The number of halogens is 2. The molecule has 18 heavy (non-hydrogen) atoms. The minimum atomic E-state index is -3.41. The summed E-state index contributed by atoms with van der Waals surface area (Å²) in [7, 11) is -3.41. The van der Waals surface area contributed by atoms with E-state index in [0.29, 0.717) is 17.4 Å². The maximum absolute atomic E-state index is 11.8. The molecule has 0 aliphatic carbocycles. The van der Waals surface area contributed by atoms with Crippen LogP contribution in [0.3, 0.4) is 0 Å². The van der Waals surface area contributed by atoms with Crippen LogP contribution in [0.2, 0.25) is 4.34 Å². The molecule has 0 aliphatic rings. The zero-order valence-corrected chi connectivity index (χ0v) is 13.5. The lowest BCUT2D eigenvalue weighted by atomic mass is 10.4. The van der Waals surface area contributed by atoms with Gasteiger partial charge in [-0.05, 0) is 31.5 Å². The Morgan fingerprint density at radius 1 is 1.33 bits per heavy atom. The van der Waals surface area contributed by atoms with Crippen molar-refractivity contribution in [1.29, 1.82) is 0 Å². The molecule has 0 spiro atoms. The molecule has 0 aromatic carbocycles.